The quantitative estimate of drug-likeness (QED) is 0.429. The van der Waals surface area contributed by atoms with Gasteiger partial charge in [0.05, 0.1) is 21.8 Å². The van der Waals surface area contributed by atoms with Crippen molar-refractivity contribution < 1.29 is 18.1 Å². The number of halogens is 1. The third-order valence-electron chi connectivity index (χ3n) is 3.10. The molecule has 0 spiro atoms. The minimum Gasteiger partial charge on any atom is -0.352 e. The monoisotopic (exact) mass is 363 g/mol. The molecule has 23 heavy (non-hydrogen) atoms. The summed E-state index contributed by atoms with van der Waals surface area (Å²) in [5.74, 6) is -0.541. The fourth-order valence-electron chi connectivity index (χ4n) is 1.91. The number of hydrogen-bond acceptors (Lipinski definition) is 5. The molecule has 10 heteroatoms. The van der Waals surface area contributed by atoms with Crippen LogP contribution in [0.2, 0.25) is 5.02 Å². The first kappa shape index (κ1) is 19.3. The summed E-state index contributed by atoms with van der Waals surface area (Å²) in [7, 11) is -3.27. The van der Waals surface area contributed by atoms with E-state index in [1.165, 1.54) is 16.4 Å². The Hall–Kier alpha value is -1.71. The highest BCUT2D eigenvalue weighted by molar-refractivity contribution is 7.88. The molecule has 0 aromatic heterocycles. The maximum absolute atomic E-state index is 12.0. The summed E-state index contributed by atoms with van der Waals surface area (Å²) in [4.78, 5) is 22.1. The van der Waals surface area contributed by atoms with Crippen LogP contribution >= 0.6 is 11.6 Å². The van der Waals surface area contributed by atoms with Crippen molar-refractivity contribution in [1.82, 2.24) is 9.62 Å². The van der Waals surface area contributed by atoms with Crippen molar-refractivity contribution in [2.75, 3.05) is 25.9 Å². The van der Waals surface area contributed by atoms with Crippen LogP contribution in [-0.2, 0) is 10.0 Å². The number of nitro groups is 1. The van der Waals surface area contributed by atoms with E-state index in [0.717, 1.165) is 12.3 Å². The Bertz CT molecular complexity index is 693. The normalized spacial score (nSPS) is 11.5. The zero-order chi connectivity index (χ0) is 17.6. The van der Waals surface area contributed by atoms with Crippen molar-refractivity contribution in [1.29, 1.82) is 0 Å². The second-order valence-electron chi connectivity index (χ2n) is 4.79. The number of nitro benzene ring substituents is 1. The largest absolute Gasteiger partial charge is 0.352 e. The summed E-state index contributed by atoms with van der Waals surface area (Å²) in [5, 5.41) is 13.4. The number of nitrogens with one attached hydrogen (secondary N) is 1. The van der Waals surface area contributed by atoms with Crippen LogP contribution in [0.4, 0.5) is 5.69 Å². The van der Waals surface area contributed by atoms with E-state index < -0.39 is 20.9 Å². The molecule has 0 bridgehead atoms. The lowest BCUT2D eigenvalue weighted by atomic mass is 10.2. The Kier molecular flexibility index (Phi) is 6.92. The van der Waals surface area contributed by atoms with E-state index in [1.807, 2.05) is 0 Å². The number of carbonyl (C=O) groups excluding carboxylic acids is 1. The average Bonchev–Trinajstić information content (AvgIpc) is 2.45. The van der Waals surface area contributed by atoms with Crippen molar-refractivity contribution in [2.24, 2.45) is 0 Å². The molecule has 0 aliphatic rings. The minimum absolute atomic E-state index is 0.0105. The molecule has 0 unspecified atom stereocenters. The second-order valence-corrected chi connectivity index (χ2v) is 7.18. The highest BCUT2D eigenvalue weighted by Crippen LogP contribution is 2.21. The molecule has 1 rings (SSSR count). The standard InChI is InChI=1S/C13H18ClN3O5S/c1-3-16(23(2,21)22)8-4-7-15-13(18)11-9-10(17(19)20)5-6-12(11)14/h5-6,9H,3-4,7-8H2,1-2H3,(H,15,18). The molecule has 0 heterocycles. The van der Waals surface area contributed by atoms with Crippen molar-refractivity contribution in [3.63, 3.8) is 0 Å². The highest BCUT2D eigenvalue weighted by Gasteiger charge is 2.16. The maximum Gasteiger partial charge on any atom is 0.270 e. The van der Waals surface area contributed by atoms with Gasteiger partial charge in [0.1, 0.15) is 0 Å². The van der Waals surface area contributed by atoms with Crippen LogP contribution < -0.4 is 5.32 Å². The van der Waals surface area contributed by atoms with Gasteiger partial charge in [-0.3, -0.25) is 14.9 Å². The molecule has 0 radical (unpaired) electrons. The number of non-ortho nitro benzene ring substituents is 1. The van der Waals surface area contributed by atoms with E-state index in [4.69, 9.17) is 11.6 Å². The molecule has 0 atom stereocenters. The first-order valence-corrected chi connectivity index (χ1v) is 9.06. The van der Waals surface area contributed by atoms with Gasteiger partial charge in [0.15, 0.2) is 0 Å². The van der Waals surface area contributed by atoms with E-state index in [1.54, 1.807) is 6.92 Å². The zero-order valence-corrected chi connectivity index (χ0v) is 14.4. The lowest BCUT2D eigenvalue weighted by Gasteiger charge is -2.17. The van der Waals surface area contributed by atoms with Gasteiger partial charge in [-0.2, -0.15) is 0 Å². The summed E-state index contributed by atoms with van der Waals surface area (Å²) < 4.78 is 24.1. The smallest absolute Gasteiger partial charge is 0.270 e. The van der Waals surface area contributed by atoms with Crippen molar-refractivity contribution >= 4 is 33.2 Å². The first-order valence-electron chi connectivity index (χ1n) is 6.84. The van der Waals surface area contributed by atoms with Crippen LogP contribution in [0, 0.1) is 10.1 Å². The van der Waals surface area contributed by atoms with Gasteiger partial charge in [0.25, 0.3) is 11.6 Å². The number of rotatable bonds is 8. The van der Waals surface area contributed by atoms with Gasteiger partial charge in [-0.1, -0.05) is 18.5 Å². The van der Waals surface area contributed by atoms with Gasteiger partial charge in [0.2, 0.25) is 10.0 Å². The molecule has 8 nitrogen and oxygen atoms in total. The van der Waals surface area contributed by atoms with Crippen molar-refractivity contribution in [3.8, 4) is 0 Å². The van der Waals surface area contributed by atoms with E-state index >= 15 is 0 Å². The van der Waals surface area contributed by atoms with E-state index in [-0.39, 0.29) is 29.4 Å². The zero-order valence-electron chi connectivity index (χ0n) is 12.8. The summed E-state index contributed by atoms with van der Waals surface area (Å²) >= 11 is 5.87. The SMILES string of the molecule is CCN(CCCNC(=O)c1cc([N+](=O)[O-])ccc1Cl)S(C)(=O)=O. The maximum atomic E-state index is 12.0. The summed E-state index contributed by atoms with van der Waals surface area (Å²) in [6.45, 7) is 2.58. The molecule has 1 aromatic rings. The fraction of sp³-hybridized carbons (Fsp3) is 0.462. The van der Waals surface area contributed by atoms with E-state index in [2.05, 4.69) is 5.32 Å². The van der Waals surface area contributed by atoms with Crippen LogP contribution in [0.15, 0.2) is 18.2 Å². The Morgan fingerprint density at radius 2 is 2.09 bits per heavy atom. The molecule has 0 saturated heterocycles. The van der Waals surface area contributed by atoms with Crippen LogP contribution in [-0.4, -0.2) is 49.4 Å². The molecular weight excluding hydrogens is 346 g/mol. The van der Waals surface area contributed by atoms with Crippen LogP contribution in [0.3, 0.4) is 0 Å². The summed E-state index contributed by atoms with van der Waals surface area (Å²) in [6, 6.07) is 3.61. The predicted molar refractivity (Wildman–Crippen MR) is 87.1 cm³/mol. The number of carbonyl (C=O) groups is 1. The first-order chi connectivity index (χ1) is 10.7. The predicted octanol–water partition coefficient (Wildman–Crippen LogP) is 1.65. The molecule has 0 aliphatic heterocycles. The van der Waals surface area contributed by atoms with Crippen molar-refractivity contribution in [3.05, 3.63) is 38.9 Å². The van der Waals surface area contributed by atoms with Crippen LogP contribution in [0.25, 0.3) is 0 Å². The third kappa shape index (κ3) is 5.77. The molecule has 1 aromatic carbocycles. The number of benzene rings is 1. The summed E-state index contributed by atoms with van der Waals surface area (Å²) in [5.41, 5.74) is -0.217. The molecular formula is C13H18ClN3O5S. The van der Waals surface area contributed by atoms with Crippen LogP contribution in [0.5, 0.6) is 0 Å². The fourth-order valence-corrected chi connectivity index (χ4v) is 3.04. The number of amides is 1. The van der Waals surface area contributed by atoms with Gasteiger partial charge in [0, 0.05) is 31.8 Å². The van der Waals surface area contributed by atoms with Gasteiger partial charge in [-0.05, 0) is 12.5 Å². The Balaban J connectivity index is 2.61. The Morgan fingerprint density at radius 3 is 2.61 bits per heavy atom. The molecule has 0 fully saturated rings. The van der Waals surface area contributed by atoms with E-state index in [9.17, 15) is 23.3 Å². The number of hydrogen-bond donors (Lipinski definition) is 1. The topological polar surface area (TPSA) is 110 Å². The number of sulfonamides is 1. The average molecular weight is 364 g/mol. The minimum atomic E-state index is -3.27. The lowest BCUT2D eigenvalue weighted by molar-refractivity contribution is -0.384. The molecule has 1 N–H and O–H groups in total. The van der Waals surface area contributed by atoms with Gasteiger partial charge in [-0.15, -0.1) is 0 Å². The number of nitrogens with zero attached hydrogens (tertiary/aromatic N) is 2. The lowest BCUT2D eigenvalue weighted by Crippen LogP contribution is -2.33. The molecule has 0 aliphatic carbocycles. The highest BCUT2D eigenvalue weighted by atomic mass is 35.5. The van der Waals surface area contributed by atoms with Gasteiger partial charge in [-0.25, -0.2) is 12.7 Å². The van der Waals surface area contributed by atoms with Gasteiger partial charge >= 0.3 is 0 Å². The Morgan fingerprint density at radius 1 is 1.43 bits per heavy atom. The summed E-state index contributed by atoms with van der Waals surface area (Å²) in [6.07, 6.45) is 1.54. The van der Waals surface area contributed by atoms with E-state index in [0.29, 0.717) is 13.0 Å². The van der Waals surface area contributed by atoms with Gasteiger partial charge < -0.3 is 5.32 Å². The Labute approximate surface area is 139 Å². The molecule has 128 valence electrons. The molecule has 1 amide bonds. The van der Waals surface area contributed by atoms with Crippen LogP contribution in [0.1, 0.15) is 23.7 Å². The van der Waals surface area contributed by atoms with Crippen molar-refractivity contribution in [2.45, 2.75) is 13.3 Å². The second kappa shape index (κ2) is 8.23. The third-order valence-corrected chi connectivity index (χ3v) is 4.81. The molecule has 0 saturated carbocycles.